The van der Waals surface area contributed by atoms with Crippen LogP contribution >= 0.6 is 0 Å². The highest BCUT2D eigenvalue weighted by atomic mass is 15.3. The average molecular weight is 264 g/mol. The second-order valence-electron chi connectivity index (χ2n) is 6.29. The van der Waals surface area contributed by atoms with Gasteiger partial charge in [-0.05, 0) is 26.2 Å². The van der Waals surface area contributed by atoms with Crippen LogP contribution in [0.15, 0.2) is 12.4 Å². The molecule has 2 rings (SSSR count). The van der Waals surface area contributed by atoms with Crippen LogP contribution in [0.1, 0.15) is 41.0 Å². The zero-order valence-corrected chi connectivity index (χ0v) is 13.0. The van der Waals surface area contributed by atoms with E-state index in [4.69, 9.17) is 0 Å². The molecule has 1 fully saturated rings. The Morgan fingerprint density at radius 3 is 2.74 bits per heavy atom. The van der Waals surface area contributed by atoms with E-state index in [1.165, 1.54) is 5.69 Å². The molecule has 4 nitrogen and oxygen atoms in total. The minimum atomic E-state index is 0.208. The second kappa shape index (κ2) is 5.53. The highest BCUT2D eigenvalue weighted by molar-refractivity contribution is 5.45. The van der Waals surface area contributed by atoms with Gasteiger partial charge in [0.15, 0.2) is 0 Å². The van der Waals surface area contributed by atoms with Crippen molar-refractivity contribution in [1.29, 1.82) is 0 Å². The fourth-order valence-electron chi connectivity index (χ4n) is 2.80. The molecular formula is C15H28N4. The number of anilines is 1. The zero-order valence-electron chi connectivity index (χ0n) is 13.0. The molecule has 19 heavy (non-hydrogen) atoms. The first-order valence-electron chi connectivity index (χ1n) is 7.53. The molecule has 2 atom stereocenters. The normalized spacial score (nSPS) is 28.1. The molecule has 0 amide bonds. The highest BCUT2D eigenvalue weighted by Gasteiger charge is 2.36. The van der Waals surface area contributed by atoms with Crippen LogP contribution in [0.3, 0.4) is 0 Å². The summed E-state index contributed by atoms with van der Waals surface area (Å²) in [6.07, 6.45) is 5.34. The summed E-state index contributed by atoms with van der Waals surface area (Å²) in [5.41, 5.74) is 1.47. The lowest BCUT2D eigenvalue weighted by Crippen LogP contribution is -2.64. The largest absolute Gasteiger partial charge is 0.363 e. The molecule has 0 aliphatic carbocycles. The van der Waals surface area contributed by atoms with Gasteiger partial charge >= 0.3 is 0 Å². The number of nitrogens with one attached hydrogen (secondary N) is 1. The minimum absolute atomic E-state index is 0.208. The van der Waals surface area contributed by atoms with E-state index in [2.05, 4.69) is 56.1 Å². The Bertz CT molecular complexity index is 412. The third-order valence-corrected chi connectivity index (χ3v) is 4.48. The molecule has 0 bridgehead atoms. The van der Waals surface area contributed by atoms with Gasteiger partial charge in [-0.1, -0.05) is 20.8 Å². The predicted octanol–water partition coefficient (Wildman–Crippen LogP) is 2.51. The van der Waals surface area contributed by atoms with Crippen LogP contribution in [0.2, 0.25) is 0 Å². The summed E-state index contributed by atoms with van der Waals surface area (Å²) < 4.78 is 2.01. The first-order chi connectivity index (χ1) is 8.99. The highest BCUT2D eigenvalue weighted by Crippen LogP contribution is 2.28. The summed E-state index contributed by atoms with van der Waals surface area (Å²) in [5.74, 6) is 0.638. The summed E-state index contributed by atoms with van der Waals surface area (Å²) in [7, 11) is 0. The maximum Gasteiger partial charge on any atom is 0.0756 e. The summed E-state index contributed by atoms with van der Waals surface area (Å²) in [6, 6.07) is 0.550. The molecule has 1 aliphatic heterocycles. The van der Waals surface area contributed by atoms with Crippen molar-refractivity contribution in [2.75, 3.05) is 18.0 Å². The van der Waals surface area contributed by atoms with Gasteiger partial charge in [0.25, 0.3) is 0 Å². The quantitative estimate of drug-likeness (QED) is 0.907. The van der Waals surface area contributed by atoms with Crippen LogP contribution in [0.25, 0.3) is 0 Å². The van der Waals surface area contributed by atoms with Crippen LogP contribution in [-0.4, -0.2) is 34.5 Å². The topological polar surface area (TPSA) is 33.1 Å². The fraction of sp³-hybridized carbons (Fsp3) is 0.800. The molecule has 2 unspecified atom stereocenters. The number of hydrogen-bond donors (Lipinski definition) is 1. The first kappa shape index (κ1) is 14.4. The van der Waals surface area contributed by atoms with Crippen molar-refractivity contribution in [3.63, 3.8) is 0 Å². The minimum Gasteiger partial charge on any atom is -0.363 e. The van der Waals surface area contributed by atoms with Gasteiger partial charge in [0.1, 0.15) is 0 Å². The average Bonchev–Trinajstić information content (AvgIpc) is 2.87. The zero-order chi connectivity index (χ0) is 14.0. The lowest BCUT2D eigenvalue weighted by atomic mass is 9.90. The molecule has 0 saturated carbocycles. The monoisotopic (exact) mass is 264 g/mol. The summed E-state index contributed by atoms with van der Waals surface area (Å²) in [5, 5.41) is 8.16. The van der Waals surface area contributed by atoms with Crippen molar-refractivity contribution in [3.8, 4) is 0 Å². The van der Waals surface area contributed by atoms with E-state index in [0.29, 0.717) is 12.0 Å². The lowest BCUT2D eigenvalue weighted by Gasteiger charge is -2.48. The van der Waals surface area contributed by atoms with Gasteiger partial charge in [-0.15, -0.1) is 0 Å². The third-order valence-electron chi connectivity index (χ3n) is 4.48. The van der Waals surface area contributed by atoms with E-state index >= 15 is 0 Å². The number of aryl methyl sites for hydroxylation is 1. The Labute approximate surface area is 117 Å². The molecule has 1 saturated heterocycles. The molecular weight excluding hydrogens is 236 g/mol. The molecule has 4 heteroatoms. The van der Waals surface area contributed by atoms with E-state index in [9.17, 15) is 0 Å². The molecule has 0 radical (unpaired) electrons. The van der Waals surface area contributed by atoms with Gasteiger partial charge in [-0.25, -0.2) is 0 Å². The smallest absolute Gasteiger partial charge is 0.0756 e. The molecule has 1 aromatic heterocycles. The Balaban J connectivity index is 2.25. The van der Waals surface area contributed by atoms with E-state index < -0.39 is 0 Å². The molecule has 2 heterocycles. The Morgan fingerprint density at radius 2 is 2.21 bits per heavy atom. The van der Waals surface area contributed by atoms with Crippen LogP contribution in [-0.2, 0) is 6.54 Å². The van der Waals surface area contributed by atoms with Crippen molar-refractivity contribution in [1.82, 2.24) is 15.1 Å². The molecule has 1 N–H and O–H groups in total. The SMILES string of the molecule is CCn1cc(N2CC(C)(CC)NCC2C(C)C)cn1. The second-order valence-corrected chi connectivity index (χ2v) is 6.29. The number of piperazine rings is 1. The third kappa shape index (κ3) is 2.94. The van der Waals surface area contributed by atoms with Crippen molar-refractivity contribution in [3.05, 3.63) is 12.4 Å². The van der Waals surface area contributed by atoms with Crippen molar-refractivity contribution in [2.45, 2.75) is 59.2 Å². The van der Waals surface area contributed by atoms with Crippen LogP contribution in [0.5, 0.6) is 0 Å². The maximum atomic E-state index is 4.43. The van der Waals surface area contributed by atoms with Gasteiger partial charge in [0.2, 0.25) is 0 Å². The van der Waals surface area contributed by atoms with Gasteiger partial charge < -0.3 is 10.2 Å². The molecule has 1 aliphatic rings. The van der Waals surface area contributed by atoms with Crippen LogP contribution in [0, 0.1) is 5.92 Å². The number of rotatable bonds is 4. The molecule has 0 aromatic carbocycles. The molecule has 108 valence electrons. The Kier molecular flexibility index (Phi) is 4.19. The van der Waals surface area contributed by atoms with Gasteiger partial charge in [0, 0.05) is 37.4 Å². The Hall–Kier alpha value is -1.03. The van der Waals surface area contributed by atoms with Crippen LogP contribution in [0.4, 0.5) is 5.69 Å². The standard InChI is InChI=1S/C15H28N4/c1-6-15(5)11-19(14(9-16-15)12(3)4)13-8-17-18(7-2)10-13/h8,10,12,14,16H,6-7,9,11H2,1-5H3. The van der Waals surface area contributed by atoms with Gasteiger partial charge in [0.05, 0.1) is 11.9 Å². The predicted molar refractivity (Wildman–Crippen MR) is 80.6 cm³/mol. The lowest BCUT2D eigenvalue weighted by molar-refractivity contribution is 0.253. The van der Waals surface area contributed by atoms with Crippen molar-refractivity contribution < 1.29 is 0 Å². The molecule has 1 aromatic rings. The van der Waals surface area contributed by atoms with Gasteiger partial charge in [-0.3, -0.25) is 4.68 Å². The number of aromatic nitrogens is 2. The molecule has 0 spiro atoms. The maximum absolute atomic E-state index is 4.43. The van der Waals surface area contributed by atoms with Crippen molar-refractivity contribution >= 4 is 5.69 Å². The fourth-order valence-corrected chi connectivity index (χ4v) is 2.80. The van der Waals surface area contributed by atoms with Crippen LogP contribution < -0.4 is 10.2 Å². The number of hydrogen-bond acceptors (Lipinski definition) is 3. The van der Waals surface area contributed by atoms with E-state index in [0.717, 1.165) is 26.1 Å². The summed E-state index contributed by atoms with van der Waals surface area (Å²) in [6.45, 7) is 14.4. The first-order valence-corrected chi connectivity index (χ1v) is 7.53. The summed E-state index contributed by atoms with van der Waals surface area (Å²) in [4.78, 5) is 2.55. The van der Waals surface area contributed by atoms with E-state index in [1.807, 2.05) is 10.9 Å². The van der Waals surface area contributed by atoms with E-state index in [-0.39, 0.29) is 5.54 Å². The van der Waals surface area contributed by atoms with Crippen molar-refractivity contribution in [2.24, 2.45) is 5.92 Å². The Morgan fingerprint density at radius 1 is 1.47 bits per heavy atom. The van der Waals surface area contributed by atoms with E-state index in [1.54, 1.807) is 0 Å². The van der Waals surface area contributed by atoms with Gasteiger partial charge in [-0.2, -0.15) is 5.10 Å². The number of nitrogens with zero attached hydrogens (tertiary/aromatic N) is 3. The summed E-state index contributed by atoms with van der Waals surface area (Å²) >= 11 is 0.